The lowest BCUT2D eigenvalue weighted by atomic mass is 10.1. The number of fused-ring (bicyclic) bond motifs is 1. The van der Waals surface area contributed by atoms with Crippen molar-refractivity contribution >= 4 is 10.9 Å². The van der Waals surface area contributed by atoms with Gasteiger partial charge in [0, 0.05) is 23.3 Å². The van der Waals surface area contributed by atoms with Gasteiger partial charge in [0.2, 0.25) is 0 Å². The Morgan fingerprint density at radius 3 is 3.07 bits per heavy atom. The van der Waals surface area contributed by atoms with Gasteiger partial charge in [0.15, 0.2) is 0 Å². The predicted molar refractivity (Wildman–Crippen MR) is 52.1 cm³/mol. The lowest BCUT2D eigenvalue weighted by Crippen LogP contribution is -2.08. The molecule has 2 rings (SSSR count). The highest BCUT2D eigenvalue weighted by molar-refractivity contribution is 5.81. The summed E-state index contributed by atoms with van der Waals surface area (Å²) in [5.74, 6) is 0. The molecular weight excluding hydrogens is 176 g/mol. The maximum Gasteiger partial charge on any atom is 0.121 e. The van der Waals surface area contributed by atoms with Crippen molar-refractivity contribution in [1.82, 2.24) is 9.97 Å². The predicted octanol–water partition coefficient (Wildman–Crippen LogP) is 1.15. The van der Waals surface area contributed by atoms with E-state index >= 15 is 0 Å². The van der Waals surface area contributed by atoms with Crippen LogP contribution >= 0.6 is 0 Å². The van der Waals surface area contributed by atoms with Gasteiger partial charge in [-0.15, -0.1) is 0 Å². The molecule has 1 atom stereocenters. The van der Waals surface area contributed by atoms with E-state index in [1.807, 2.05) is 18.2 Å². The van der Waals surface area contributed by atoms with Crippen molar-refractivity contribution in [3.05, 3.63) is 36.3 Å². The van der Waals surface area contributed by atoms with Crippen LogP contribution in [0.3, 0.4) is 0 Å². The average molecular weight is 184 g/mol. The molecule has 0 radical (unpaired) electrons. The van der Waals surface area contributed by atoms with E-state index in [1.54, 1.807) is 18.6 Å². The van der Waals surface area contributed by atoms with Gasteiger partial charge < -0.3 is 5.73 Å². The van der Waals surface area contributed by atoms with Crippen LogP contribution in [0.15, 0.2) is 30.7 Å². The van der Waals surface area contributed by atoms with Gasteiger partial charge in [0.25, 0.3) is 0 Å². The lowest BCUT2D eigenvalue weighted by molar-refractivity contribution is 0.926. The van der Waals surface area contributed by atoms with E-state index in [1.165, 1.54) is 0 Å². The summed E-state index contributed by atoms with van der Waals surface area (Å²) in [4.78, 5) is 8.12. The van der Waals surface area contributed by atoms with E-state index in [0.29, 0.717) is 0 Å². The largest absolute Gasteiger partial charge is 0.312 e. The van der Waals surface area contributed by atoms with E-state index in [2.05, 4.69) is 9.97 Å². The van der Waals surface area contributed by atoms with Gasteiger partial charge in [0.05, 0.1) is 17.8 Å². The highest BCUT2D eigenvalue weighted by atomic mass is 14.7. The second-order valence-electron chi connectivity index (χ2n) is 2.91. The summed E-state index contributed by atoms with van der Waals surface area (Å²) in [6.07, 6.45) is 4.95. The van der Waals surface area contributed by atoms with E-state index < -0.39 is 6.04 Å². The van der Waals surface area contributed by atoms with Gasteiger partial charge >= 0.3 is 0 Å². The Kier molecular flexibility index (Phi) is 2.09. The first kappa shape index (κ1) is 8.60. The summed E-state index contributed by atoms with van der Waals surface area (Å²) in [6.45, 7) is 0. The van der Waals surface area contributed by atoms with Crippen LogP contribution in [0.4, 0.5) is 0 Å². The molecule has 0 aliphatic rings. The molecule has 2 heterocycles. The van der Waals surface area contributed by atoms with Crippen molar-refractivity contribution in [2.75, 3.05) is 0 Å². The lowest BCUT2D eigenvalue weighted by Gasteiger charge is -2.05. The monoisotopic (exact) mass is 184 g/mol. The van der Waals surface area contributed by atoms with Crippen LogP contribution < -0.4 is 5.73 Å². The summed E-state index contributed by atoms with van der Waals surface area (Å²) in [5, 5.41) is 9.61. The third-order valence-corrected chi connectivity index (χ3v) is 2.03. The number of rotatable bonds is 1. The molecule has 2 N–H and O–H groups in total. The molecule has 0 aliphatic carbocycles. The third-order valence-electron chi connectivity index (χ3n) is 2.03. The minimum atomic E-state index is -0.643. The van der Waals surface area contributed by atoms with Crippen LogP contribution in [0.2, 0.25) is 0 Å². The van der Waals surface area contributed by atoms with E-state index in [4.69, 9.17) is 11.0 Å². The normalized spacial score (nSPS) is 12.3. The second-order valence-corrected chi connectivity index (χ2v) is 2.91. The van der Waals surface area contributed by atoms with Gasteiger partial charge in [0.1, 0.15) is 6.04 Å². The Morgan fingerprint density at radius 2 is 2.29 bits per heavy atom. The molecule has 4 heteroatoms. The van der Waals surface area contributed by atoms with E-state index in [9.17, 15) is 0 Å². The highest BCUT2D eigenvalue weighted by Gasteiger charge is 2.08. The summed E-state index contributed by atoms with van der Waals surface area (Å²) in [6, 6.07) is 5.04. The Labute approximate surface area is 81.0 Å². The molecule has 4 nitrogen and oxygen atoms in total. The number of hydrogen-bond donors (Lipinski definition) is 1. The van der Waals surface area contributed by atoms with E-state index in [0.717, 1.165) is 16.5 Å². The van der Waals surface area contributed by atoms with Crippen LogP contribution in [0.25, 0.3) is 10.9 Å². The summed E-state index contributed by atoms with van der Waals surface area (Å²) in [7, 11) is 0. The summed E-state index contributed by atoms with van der Waals surface area (Å²) in [5.41, 5.74) is 7.11. The number of pyridine rings is 2. The first-order chi connectivity index (χ1) is 6.83. The number of nitriles is 1. The standard InChI is InChI=1S/C10H8N4/c11-4-9(12)8-5-13-6-10-7(8)2-1-3-14-10/h1-3,5-6,9H,12H2. The highest BCUT2D eigenvalue weighted by Crippen LogP contribution is 2.19. The maximum atomic E-state index is 8.72. The number of nitrogens with zero attached hydrogens (tertiary/aromatic N) is 3. The molecular formula is C10H8N4. The smallest absolute Gasteiger partial charge is 0.121 e. The van der Waals surface area contributed by atoms with Crippen molar-refractivity contribution < 1.29 is 0 Å². The number of nitrogens with two attached hydrogens (primary N) is 1. The minimum absolute atomic E-state index is 0.643. The molecule has 1 unspecified atom stereocenters. The fourth-order valence-electron chi connectivity index (χ4n) is 1.34. The molecule has 14 heavy (non-hydrogen) atoms. The fraction of sp³-hybridized carbons (Fsp3) is 0.100. The molecule has 68 valence electrons. The molecule has 0 saturated heterocycles. The molecule has 2 aromatic heterocycles. The zero-order valence-corrected chi connectivity index (χ0v) is 7.38. The van der Waals surface area contributed by atoms with Gasteiger partial charge in [-0.1, -0.05) is 6.07 Å². The molecule has 0 bridgehead atoms. The SMILES string of the molecule is N#CC(N)c1cncc2ncccc12. The number of aromatic nitrogens is 2. The molecule has 0 saturated carbocycles. The van der Waals surface area contributed by atoms with Crippen molar-refractivity contribution in [3.8, 4) is 6.07 Å². The van der Waals surface area contributed by atoms with E-state index in [-0.39, 0.29) is 0 Å². The minimum Gasteiger partial charge on any atom is -0.312 e. The number of hydrogen-bond acceptors (Lipinski definition) is 4. The van der Waals surface area contributed by atoms with Gasteiger partial charge in [-0.3, -0.25) is 9.97 Å². The van der Waals surface area contributed by atoms with Gasteiger partial charge in [-0.25, -0.2) is 0 Å². The van der Waals surface area contributed by atoms with Crippen molar-refractivity contribution in [3.63, 3.8) is 0 Å². The zero-order chi connectivity index (χ0) is 9.97. The van der Waals surface area contributed by atoms with Crippen molar-refractivity contribution in [1.29, 1.82) is 5.26 Å². The molecule has 0 amide bonds. The van der Waals surface area contributed by atoms with Gasteiger partial charge in [-0.2, -0.15) is 5.26 Å². The first-order valence-electron chi connectivity index (χ1n) is 4.17. The van der Waals surface area contributed by atoms with Crippen LogP contribution in [-0.2, 0) is 0 Å². The molecule has 0 aromatic carbocycles. The summed E-state index contributed by atoms with van der Waals surface area (Å²) >= 11 is 0. The Morgan fingerprint density at radius 1 is 1.43 bits per heavy atom. The van der Waals surface area contributed by atoms with Gasteiger partial charge in [-0.05, 0) is 6.07 Å². The molecule has 2 aromatic rings. The molecule has 0 fully saturated rings. The van der Waals surface area contributed by atoms with Crippen molar-refractivity contribution in [2.24, 2.45) is 5.73 Å². The van der Waals surface area contributed by atoms with Crippen molar-refractivity contribution in [2.45, 2.75) is 6.04 Å². The topological polar surface area (TPSA) is 75.6 Å². The summed E-state index contributed by atoms with van der Waals surface area (Å²) < 4.78 is 0. The third kappa shape index (κ3) is 1.30. The molecule has 0 spiro atoms. The first-order valence-corrected chi connectivity index (χ1v) is 4.17. The van der Waals surface area contributed by atoms with Crippen LogP contribution in [0.1, 0.15) is 11.6 Å². The fourth-order valence-corrected chi connectivity index (χ4v) is 1.34. The Balaban J connectivity index is 2.72. The zero-order valence-electron chi connectivity index (χ0n) is 7.38. The second kappa shape index (κ2) is 3.40. The molecule has 0 aliphatic heterocycles. The van der Waals surface area contributed by atoms with Crippen LogP contribution in [0, 0.1) is 11.3 Å². The Bertz CT molecular complexity index is 495. The van der Waals surface area contributed by atoms with Crippen LogP contribution in [-0.4, -0.2) is 9.97 Å². The maximum absolute atomic E-state index is 8.72. The average Bonchev–Trinajstić information content (AvgIpc) is 2.27. The quantitative estimate of drug-likeness (QED) is 0.721. The van der Waals surface area contributed by atoms with Crippen LogP contribution in [0.5, 0.6) is 0 Å². The Hall–Kier alpha value is -1.99.